The molecule has 2 heterocycles. The molecular formula is C25H31ClN2O4S. The van der Waals surface area contributed by atoms with Gasteiger partial charge >= 0.3 is 0 Å². The molecule has 2 aromatic rings. The van der Waals surface area contributed by atoms with Gasteiger partial charge in [0.2, 0.25) is 15.9 Å². The molecule has 0 atom stereocenters. The number of ether oxygens (including phenoxy) is 1. The van der Waals surface area contributed by atoms with Crippen molar-refractivity contribution in [3.8, 4) is 0 Å². The second kappa shape index (κ2) is 9.74. The van der Waals surface area contributed by atoms with E-state index in [1.165, 1.54) is 4.31 Å². The highest BCUT2D eigenvalue weighted by molar-refractivity contribution is 7.89. The van der Waals surface area contributed by atoms with E-state index in [1.807, 2.05) is 41.3 Å². The number of hydrogen-bond donors (Lipinski definition) is 0. The predicted molar refractivity (Wildman–Crippen MR) is 129 cm³/mol. The summed E-state index contributed by atoms with van der Waals surface area (Å²) in [4.78, 5) is 15.9. The van der Waals surface area contributed by atoms with Gasteiger partial charge in [-0.3, -0.25) is 4.79 Å². The molecule has 2 saturated heterocycles. The average Bonchev–Trinajstić information content (AvgIpc) is 2.84. The molecule has 0 radical (unpaired) electrons. The van der Waals surface area contributed by atoms with Gasteiger partial charge in [-0.1, -0.05) is 49.7 Å². The number of nitrogens with zero attached hydrogens (tertiary/aromatic N) is 2. The van der Waals surface area contributed by atoms with Crippen LogP contribution in [-0.2, 0) is 25.0 Å². The predicted octanol–water partition coefficient (Wildman–Crippen LogP) is 4.04. The minimum atomic E-state index is -3.59. The molecule has 178 valence electrons. The van der Waals surface area contributed by atoms with Gasteiger partial charge in [0.05, 0.1) is 10.3 Å². The summed E-state index contributed by atoms with van der Waals surface area (Å²) in [6, 6.07) is 14.6. The van der Waals surface area contributed by atoms with E-state index in [0.29, 0.717) is 55.0 Å². The zero-order valence-corrected chi connectivity index (χ0v) is 20.7. The van der Waals surface area contributed by atoms with E-state index in [-0.39, 0.29) is 19.0 Å². The van der Waals surface area contributed by atoms with Crippen molar-refractivity contribution in [2.45, 2.75) is 42.9 Å². The molecule has 8 heteroatoms. The lowest BCUT2D eigenvalue weighted by molar-refractivity contribution is -0.142. The summed E-state index contributed by atoms with van der Waals surface area (Å²) in [6.07, 6.45) is 1.21. The quantitative estimate of drug-likeness (QED) is 0.634. The van der Waals surface area contributed by atoms with Crippen LogP contribution in [0.25, 0.3) is 0 Å². The van der Waals surface area contributed by atoms with Crippen LogP contribution in [-0.4, -0.2) is 62.9 Å². The molecule has 6 nitrogen and oxygen atoms in total. The van der Waals surface area contributed by atoms with E-state index in [2.05, 4.69) is 13.8 Å². The van der Waals surface area contributed by atoms with Crippen LogP contribution in [0.3, 0.4) is 0 Å². The standard InChI is InChI=1S/C25H31ClN2O4S/c1-19(2)20-3-9-23(10-4-20)33(30,31)28-15-13-27(14-16-28)24(29)25(11-17-32-18-12-25)21-5-7-22(26)8-6-21/h3-10,19H,11-18H2,1-2H3. The lowest BCUT2D eigenvalue weighted by atomic mass is 9.73. The zero-order valence-electron chi connectivity index (χ0n) is 19.2. The van der Waals surface area contributed by atoms with Crippen molar-refractivity contribution in [1.82, 2.24) is 9.21 Å². The Balaban J connectivity index is 1.49. The summed E-state index contributed by atoms with van der Waals surface area (Å²) < 4.78 is 33.4. The van der Waals surface area contributed by atoms with Crippen molar-refractivity contribution >= 4 is 27.5 Å². The first-order valence-corrected chi connectivity index (χ1v) is 13.3. The fourth-order valence-electron chi connectivity index (χ4n) is 4.72. The highest BCUT2D eigenvalue weighted by Crippen LogP contribution is 2.38. The van der Waals surface area contributed by atoms with Gasteiger partial charge < -0.3 is 9.64 Å². The van der Waals surface area contributed by atoms with Crippen LogP contribution in [0.5, 0.6) is 0 Å². The van der Waals surface area contributed by atoms with Gasteiger partial charge in [0, 0.05) is 44.4 Å². The first-order valence-electron chi connectivity index (χ1n) is 11.5. The third-order valence-electron chi connectivity index (χ3n) is 6.86. The molecule has 1 amide bonds. The van der Waals surface area contributed by atoms with E-state index in [9.17, 15) is 13.2 Å². The minimum absolute atomic E-state index is 0.0476. The maximum Gasteiger partial charge on any atom is 0.243 e. The van der Waals surface area contributed by atoms with Crippen LogP contribution < -0.4 is 0 Å². The monoisotopic (exact) mass is 490 g/mol. The number of piperazine rings is 1. The lowest BCUT2D eigenvalue weighted by Crippen LogP contribution is -2.56. The first kappa shape index (κ1) is 24.2. The van der Waals surface area contributed by atoms with Gasteiger partial charge in [0.15, 0.2) is 0 Å². The van der Waals surface area contributed by atoms with Crippen molar-refractivity contribution in [3.63, 3.8) is 0 Å². The Morgan fingerprint density at radius 3 is 2.06 bits per heavy atom. The minimum Gasteiger partial charge on any atom is -0.381 e. The fraction of sp³-hybridized carbons (Fsp3) is 0.480. The molecule has 4 rings (SSSR count). The van der Waals surface area contributed by atoms with E-state index in [0.717, 1.165) is 11.1 Å². The molecule has 0 aliphatic carbocycles. The van der Waals surface area contributed by atoms with Crippen LogP contribution in [0.1, 0.15) is 43.7 Å². The second-order valence-electron chi connectivity index (χ2n) is 9.12. The molecule has 2 aliphatic heterocycles. The summed E-state index contributed by atoms with van der Waals surface area (Å²) in [5, 5.41) is 0.633. The molecule has 2 aliphatic rings. The van der Waals surface area contributed by atoms with Gasteiger partial charge in [-0.15, -0.1) is 0 Å². The molecule has 2 aromatic carbocycles. The molecule has 0 bridgehead atoms. The summed E-state index contributed by atoms with van der Waals surface area (Å²) in [5.41, 5.74) is 1.39. The van der Waals surface area contributed by atoms with Crippen LogP contribution in [0.4, 0.5) is 0 Å². The highest BCUT2D eigenvalue weighted by Gasteiger charge is 2.45. The molecule has 0 unspecified atom stereocenters. The molecule has 0 N–H and O–H groups in total. The number of carbonyl (C=O) groups is 1. The van der Waals surface area contributed by atoms with Crippen molar-refractivity contribution in [2.75, 3.05) is 39.4 Å². The van der Waals surface area contributed by atoms with Crippen LogP contribution in [0, 0.1) is 0 Å². The number of carbonyl (C=O) groups excluding carboxylic acids is 1. The Labute approximate surface area is 201 Å². The topological polar surface area (TPSA) is 66.9 Å². The lowest BCUT2D eigenvalue weighted by Gasteiger charge is -2.42. The zero-order chi connectivity index (χ0) is 23.6. The largest absolute Gasteiger partial charge is 0.381 e. The maximum absolute atomic E-state index is 13.8. The van der Waals surface area contributed by atoms with Crippen molar-refractivity contribution in [2.24, 2.45) is 0 Å². The van der Waals surface area contributed by atoms with Gasteiger partial charge in [0.1, 0.15) is 0 Å². The average molecular weight is 491 g/mol. The Hall–Kier alpha value is -1.93. The molecule has 0 aromatic heterocycles. The third-order valence-corrected chi connectivity index (χ3v) is 9.03. The molecule has 0 saturated carbocycles. The number of rotatable bonds is 5. The smallest absolute Gasteiger partial charge is 0.243 e. The summed E-state index contributed by atoms with van der Waals surface area (Å²) in [6.45, 7) is 6.52. The third kappa shape index (κ3) is 4.83. The van der Waals surface area contributed by atoms with Gasteiger partial charge in [-0.25, -0.2) is 8.42 Å². The Morgan fingerprint density at radius 2 is 1.52 bits per heavy atom. The normalized spacial score (nSPS) is 19.6. The second-order valence-corrected chi connectivity index (χ2v) is 11.5. The van der Waals surface area contributed by atoms with E-state index < -0.39 is 15.4 Å². The van der Waals surface area contributed by atoms with Crippen molar-refractivity contribution in [1.29, 1.82) is 0 Å². The van der Waals surface area contributed by atoms with Crippen LogP contribution in [0.15, 0.2) is 53.4 Å². The maximum atomic E-state index is 13.8. The SMILES string of the molecule is CC(C)c1ccc(S(=O)(=O)N2CCN(C(=O)C3(c4ccc(Cl)cc4)CCOCC3)CC2)cc1. The van der Waals surface area contributed by atoms with Crippen molar-refractivity contribution < 1.29 is 17.9 Å². The van der Waals surface area contributed by atoms with Gasteiger partial charge in [-0.05, 0) is 54.2 Å². The molecule has 33 heavy (non-hydrogen) atoms. The number of benzene rings is 2. The van der Waals surface area contributed by atoms with E-state index in [4.69, 9.17) is 16.3 Å². The van der Waals surface area contributed by atoms with E-state index >= 15 is 0 Å². The Morgan fingerprint density at radius 1 is 0.939 bits per heavy atom. The van der Waals surface area contributed by atoms with Gasteiger partial charge in [-0.2, -0.15) is 4.31 Å². The number of halogens is 1. The van der Waals surface area contributed by atoms with Crippen LogP contribution in [0.2, 0.25) is 5.02 Å². The fourth-order valence-corrected chi connectivity index (χ4v) is 6.27. The molecule has 2 fully saturated rings. The van der Waals surface area contributed by atoms with E-state index in [1.54, 1.807) is 12.1 Å². The highest BCUT2D eigenvalue weighted by atomic mass is 35.5. The Bertz CT molecular complexity index is 1070. The summed E-state index contributed by atoms with van der Waals surface area (Å²) in [7, 11) is -3.59. The molecule has 0 spiro atoms. The Kier molecular flexibility index (Phi) is 7.15. The number of amides is 1. The summed E-state index contributed by atoms with van der Waals surface area (Å²) in [5.74, 6) is 0.390. The number of hydrogen-bond acceptors (Lipinski definition) is 4. The van der Waals surface area contributed by atoms with Crippen LogP contribution >= 0.6 is 11.6 Å². The number of sulfonamides is 1. The summed E-state index contributed by atoms with van der Waals surface area (Å²) >= 11 is 6.08. The van der Waals surface area contributed by atoms with Crippen molar-refractivity contribution in [3.05, 3.63) is 64.7 Å². The van der Waals surface area contributed by atoms with Gasteiger partial charge in [0.25, 0.3) is 0 Å². The molecular weight excluding hydrogens is 460 g/mol. The first-order chi connectivity index (χ1) is 15.7.